The third-order valence-electron chi connectivity index (χ3n) is 4.12. The zero-order valence-electron chi connectivity index (χ0n) is 16.7. The first kappa shape index (κ1) is 21.9. The Bertz CT molecular complexity index is 591. The van der Waals surface area contributed by atoms with Crippen molar-refractivity contribution in [2.45, 2.75) is 71.0 Å². The molecule has 0 unspecified atom stereocenters. The van der Waals surface area contributed by atoms with Crippen LogP contribution in [-0.4, -0.2) is 41.5 Å². The quantitative estimate of drug-likeness (QED) is 0.616. The fourth-order valence-corrected chi connectivity index (χ4v) is 1.86. The highest BCUT2D eigenvalue weighted by molar-refractivity contribution is 7.81. The number of rotatable bonds is 6. The first-order valence-electron chi connectivity index (χ1n) is 8.48. The molecule has 0 atom stereocenters. The number of hydrogen-bond donors (Lipinski definition) is 1. The van der Waals surface area contributed by atoms with Gasteiger partial charge < -0.3 is 14.3 Å². The van der Waals surface area contributed by atoms with Crippen LogP contribution in [0.1, 0.15) is 54.0 Å². The topological polar surface area (TPSA) is 38.8 Å². The van der Waals surface area contributed by atoms with Gasteiger partial charge in [-0.25, -0.2) is 4.79 Å². The van der Waals surface area contributed by atoms with E-state index in [0.717, 1.165) is 11.0 Å². The van der Waals surface area contributed by atoms with Crippen LogP contribution in [0.25, 0.3) is 0 Å². The standard InChI is InChI=1S/C19H31BNO3S/c1-17(2,3)23-16(22)21(8)13-14-11-9-10-12-15(14)20-24-18(4,5)19(6,7)25/h9-12,25H,13H2,1-8H3. The van der Waals surface area contributed by atoms with Crippen molar-refractivity contribution in [2.75, 3.05) is 7.05 Å². The second kappa shape index (κ2) is 8.04. The lowest BCUT2D eigenvalue weighted by Crippen LogP contribution is -2.46. The third kappa shape index (κ3) is 6.94. The average molecular weight is 364 g/mol. The van der Waals surface area contributed by atoms with Crippen LogP contribution >= 0.6 is 12.6 Å². The number of amides is 1. The molecule has 0 saturated heterocycles. The van der Waals surface area contributed by atoms with E-state index in [2.05, 4.69) is 12.6 Å². The Morgan fingerprint density at radius 1 is 1.12 bits per heavy atom. The third-order valence-corrected chi connectivity index (χ3v) is 4.66. The molecule has 139 valence electrons. The molecule has 0 N–H and O–H groups in total. The van der Waals surface area contributed by atoms with Gasteiger partial charge in [-0.3, -0.25) is 0 Å². The van der Waals surface area contributed by atoms with Crippen molar-refractivity contribution in [3.8, 4) is 0 Å². The van der Waals surface area contributed by atoms with Crippen LogP contribution in [0.3, 0.4) is 0 Å². The summed E-state index contributed by atoms with van der Waals surface area (Å²) >= 11 is 4.62. The van der Waals surface area contributed by atoms with Crippen molar-refractivity contribution in [3.63, 3.8) is 0 Å². The van der Waals surface area contributed by atoms with Crippen LogP contribution < -0.4 is 5.46 Å². The summed E-state index contributed by atoms with van der Waals surface area (Å²) in [4.78, 5) is 13.7. The number of thiol groups is 1. The van der Waals surface area contributed by atoms with E-state index in [1.807, 2.05) is 72.7 Å². The number of carbonyl (C=O) groups excluding carboxylic acids is 1. The van der Waals surface area contributed by atoms with Gasteiger partial charge in [-0.05, 0) is 59.5 Å². The zero-order valence-corrected chi connectivity index (χ0v) is 17.6. The first-order chi connectivity index (χ1) is 11.2. The second-order valence-electron chi connectivity index (χ2n) is 8.34. The highest BCUT2D eigenvalue weighted by Crippen LogP contribution is 2.30. The molecule has 1 aromatic carbocycles. The van der Waals surface area contributed by atoms with Gasteiger partial charge in [0.15, 0.2) is 0 Å². The van der Waals surface area contributed by atoms with Crippen molar-refractivity contribution in [1.82, 2.24) is 4.90 Å². The molecule has 0 saturated carbocycles. The van der Waals surface area contributed by atoms with E-state index in [4.69, 9.17) is 9.39 Å². The van der Waals surface area contributed by atoms with Crippen LogP contribution in [0.4, 0.5) is 4.79 Å². The highest BCUT2D eigenvalue weighted by Gasteiger charge is 2.34. The first-order valence-corrected chi connectivity index (χ1v) is 8.93. The van der Waals surface area contributed by atoms with Gasteiger partial charge in [0, 0.05) is 18.3 Å². The molecule has 0 aromatic heterocycles. The van der Waals surface area contributed by atoms with Crippen molar-refractivity contribution in [2.24, 2.45) is 0 Å². The van der Waals surface area contributed by atoms with E-state index in [-0.39, 0.29) is 10.8 Å². The Morgan fingerprint density at radius 2 is 1.68 bits per heavy atom. The minimum atomic E-state index is -0.512. The van der Waals surface area contributed by atoms with E-state index in [1.54, 1.807) is 19.4 Å². The van der Waals surface area contributed by atoms with Crippen molar-refractivity contribution in [1.29, 1.82) is 0 Å². The molecule has 6 heteroatoms. The smallest absolute Gasteiger partial charge is 0.410 e. The summed E-state index contributed by atoms with van der Waals surface area (Å²) in [5.74, 6) is 0. The number of ether oxygens (including phenoxy) is 1. The van der Waals surface area contributed by atoms with Gasteiger partial charge in [0.2, 0.25) is 0 Å². The Hall–Kier alpha value is -1.14. The zero-order chi connectivity index (χ0) is 19.5. The van der Waals surface area contributed by atoms with Crippen LogP contribution in [0.15, 0.2) is 24.3 Å². The number of benzene rings is 1. The van der Waals surface area contributed by atoms with Gasteiger partial charge in [-0.2, -0.15) is 12.6 Å². The Balaban J connectivity index is 2.82. The van der Waals surface area contributed by atoms with Gasteiger partial charge >= 0.3 is 13.6 Å². The lowest BCUT2D eigenvalue weighted by atomic mass is 9.81. The summed E-state index contributed by atoms with van der Waals surface area (Å²) in [5, 5.41) is 0. The summed E-state index contributed by atoms with van der Waals surface area (Å²) < 4.78 is 11.1. The average Bonchev–Trinajstić information content (AvgIpc) is 2.43. The fraction of sp³-hybridized carbons (Fsp3) is 0.632. The van der Waals surface area contributed by atoms with Gasteiger partial charge in [-0.1, -0.05) is 24.3 Å². The maximum absolute atomic E-state index is 12.2. The molecule has 0 spiro atoms. The molecule has 1 aromatic rings. The summed E-state index contributed by atoms with van der Waals surface area (Å²) in [6.07, 6.45) is -0.347. The Kier molecular flexibility index (Phi) is 7.05. The number of carbonyl (C=O) groups is 1. The molecule has 0 heterocycles. The minimum absolute atomic E-state index is 0.300. The summed E-state index contributed by atoms with van der Waals surface area (Å²) in [5.41, 5.74) is 0.968. The molecule has 1 radical (unpaired) electrons. The Labute approximate surface area is 159 Å². The van der Waals surface area contributed by atoms with E-state index >= 15 is 0 Å². The highest BCUT2D eigenvalue weighted by atomic mass is 32.1. The molecule has 0 aliphatic rings. The van der Waals surface area contributed by atoms with E-state index in [1.165, 1.54) is 0 Å². The summed E-state index contributed by atoms with van der Waals surface area (Å²) in [6, 6.07) is 7.85. The molecule has 0 aliphatic heterocycles. The molecule has 0 aliphatic carbocycles. The van der Waals surface area contributed by atoms with Crippen molar-refractivity contribution in [3.05, 3.63) is 29.8 Å². The lowest BCUT2D eigenvalue weighted by Gasteiger charge is -2.38. The molecular formula is C19H31BNO3S. The molecular weight excluding hydrogens is 333 g/mol. The predicted molar refractivity (Wildman–Crippen MR) is 108 cm³/mol. The summed E-state index contributed by atoms with van der Waals surface area (Å²) in [7, 11) is 3.47. The fourth-order valence-electron chi connectivity index (χ4n) is 1.81. The molecule has 1 amide bonds. The van der Waals surface area contributed by atoms with E-state index in [0.29, 0.717) is 6.54 Å². The van der Waals surface area contributed by atoms with Gasteiger partial charge in [-0.15, -0.1) is 0 Å². The second-order valence-corrected chi connectivity index (χ2v) is 9.46. The maximum Gasteiger partial charge on any atom is 0.410 e. The SMILES string of the molecule is CN(Cc1ccccc1[B]OC(C)(C)C(C)(C)S)C(=O)OC(C)(C)C. The molecule has 25 heavy (non-hydrogen) atoms. The number of hydrogen-bond acceptors (Lipinski definition) is 4. The van der Waals surface area contributed by atoms with Gasteiger partial charge in [0.05, 0.1) is 5.60 Å². The van der Waals surface area contributed by atoms with Crippen molar-refractivity contribution >= 4 is 31.7 Å². The predicted octanol–water partition coefficient (Wildman–Crippen LogP) is 3.80. The van der Waals surface area contributed by atoms with Crippen LogP contribution in [0.5, 0.6) is 0 Å². The Morgan fingerprint density at radius 3 is 2.20 bits per heavy atom. The molecule has 0 bridgehead atoms. The molecule has 4 nitrogen and oxygen atoms in total. The van der Waals surface area contributed by atoms with Crippen LogP contribution in [-0.2, 0) is 15.9 Å². The summed E-state index contributed by atoms with van der Waals surface area (Å²) in [6.45, 7) is 14.1. The van der Waals surface area contributed by atoms with Gasteiger partial charge in [0.1, 0.15) is 5.60 Å². The van der Waals surface area contributed by atoms with Crippen LogP contribution in [0, 0.1) is 0 Å². The van der Waals surface area contributed by atoms with E-state index < -0.39 is 11.2 Å². The van der Waals surface area contributed by atoms with Crippen LogP contribution in [0.2, 0.25) is 0 Å². The van der Waals surface area contributed by atoms with Crippen molar-refractivity contribution < 1.29 is 14.2 Å². The normalized spacial score (nSPS) is 12.7. The molecule has 0 fully saturated rings. The molecule has 1 rings (SSSR count). The monoisotopic (exact) mass is 364 g/mol. The lowest BCUT2D eigenvalue weighted by molar-refractivity contribution is 0.0285. The largest absolute Gasteiger partial charge is 0.444 e. The van der Waals surface area contributed by atoms with E-state index in [9.17, 15) is 4.79 Å². The number of nitrogens with zero attached hydrogens (tertiary/aromatic N) is 1. The minimum Gasteiger partial charge on any atom is -0.444 e. The maximum atomic E-state index is 12.2. The van der Waals surface area contributed by atoms with Gasteiger partial charge in [0.25, 0.3) is 0 Å².